The van der Waals surface area contributed by atoms with Crippen molar-refractivity contribution < 1.29 is 4.79 Å². The highest BCUT2D eigenvalue weighted by Crippen LogP contribution is 2.40. The first-order valence-electron chi connectivity index (χ1n) is 12.8. The van der Waals surface area contributed by atoms with Gasteiger partial charge in [0.15, 0.2) is 11.5 Å². The lowest BCUT2D eigenvalue weighted by Gasteiger charge is -2.39. The van der Waals surface area contributed by atoms with Crippen molar-refractivity contribution in [2.45, 2.75) is 57.4 Å². The number of nitrogens with zero attached hydrogens (tertiary/aromatic N) is 5. The van der Waals surface area contributed by atoms with Crippen LogP contribution in [0.15, 0.2) is 42.7 Å². The van der Waals surface area contributed by atoms with Gasteiger partial charge in [-0.25, -0.2) is 15.0 Å². The molecule has 37 heavy (non-hydrogen) atoms. The number of nitrogens with two attached hydrogens (primary N) is 1. The number of anilines is 3. The molecule has 6 rings (SSSR count). The predicted molar refractivity (Wildman–Crippen MR) is 145 cm³/mol. The van der Waals surface area contributed by atoms with E-state index in [2.05, 4.69) is 55.7 Å². The van der Waals surface area contributed by atoms with Crippen LogP contribution in [-0.2, 0) is 0 Å². The minimum Gasteiger partial charge on any atom is -0.364 e. The van der Waals surface area contributed by atoms with E-state index in [0.717, 1.165) is 53.1 Å². The van der Waals surface area contributed by atoms with Crippen molar-refractivity contribution in [1.29, 1.82) is 0 Å². The molecule has 9 nitrogen and oxygen atoms in total. The maximum atomic E-state index is 12.0. The van der Waals surface area contributed by atoms with Gasteiger partial charge in [0, 0.05) is 18.5 Å². The molecule has 1 saturated carbocycles. The first-order valence-corrected chi connectivity index (χ1v) is 13.5. The summed E-state index contributed by atoms with van der Waals surface area (Å²) in [5.41, 5.74) is 10.2. The van der Waals surface area contributed by atoms with Gasteiger partial charge < -0.3 is 20.9 Å². The van der Waals surface area contributed by atoms with Crippen LogP contribution in [0, 0.1) is 6.92 Å². The fourth-order valence-electron chi connectivity index (χ4n) is 5.18. The quantitative estimate of drug-likeness (QED) is 0.312. The van der Waals surface area contributed by atoms with Crippen molar-refractivity contribution in [3.05, 3.63) is 65.5 Å². The van der Waals surface area contributed by atoms with Gasteiger partial charge in [0.2, 0.25) is 0 Å². The number of hydrogen-bond donors (Lipinski definition) is 3. The number of aromatic nitrogens is 5. The first kappa shape index (κ1) is 23.6. The van der Waals surface area contributed by atoms with Crippen LogP contribution in [-0.4, -0.2) is 42.8 Å². The minimum absolute atomic E-state index is 0.111. The van der Waals surface area contributed by atoms with Crippen LogP contribution < -0.4 is 16.0 Å². The molecule has 0 unspecified atom stereocenters. The van der Waals surface area contributed by atoms with E-state index in [9.17, 15) is 4.79 Å². The van der Waals surface area contributed by atoms with E-state index in [1.165, 1.54) is 29.9 Å². The Hall–Kier alpha value is -3.79. The number of H-pyrrole nitrogens is 1. The minimum atomic E-state index is -0.624. The van der Waals surface area contributed by atoms with Crippen LogP contribution in [0.1, 0.15) is 72.0 Å². The number of aromatic amines is 1. The third-order valence-corrected chi connectivity index (χ3v) is 8.16. The SMILES string of the molecule is Cc1cc(Nc2nc(N3CCC[C@@H](c4ncc(-c5ccc(C6CC6)cc5)[nH]4)[C@H]3C)cnc2C(N)=O)sn1. The summed E-state index contributed by atoms with van der Waals surface area (Å²) >= 11 is 1.30. The van der Waals surface area contributed by atoms with E-state index in [4.69, 9.17) is 15.7 Å². The lowest BCUT2D eigenvalue weighted by molar-refractivity contribution is 0.0996. The maximum absolute atomic E-state index is 12.0. The standard InChI is InChI=1S/C27H30N8OS/c1-15-12-23(37-34-15)33-27-24(25(28)36)29-14-22(32-27)35-11-3-4-20(16(35)2)26-30-13-21(31-26)19-9-7-18(8-10-19)17-5-6-17/h7-10,12-14,16-17,20H,3-6,11H2,1-2H3,(H2,28,36)(H,30,31)(H,32,33)/t16-,20-/m1/s1. The second-order valence-corrected chi connectivity index (χ2v) is 10.8. The van der Waals surface area contributed by atoms with Crippen LogP contribution in [0.4, 0.5) is 16.6 Å². The molecule has 190 valence electrons. The van der Waals surface area contributed by atoms with Gasteiger partial charge in [-0.3, -0.25) is 4.79 Å². The highest BCUT2D eigenvalue weighted by atomic mass is 32.1. The topological polar surface area (TPSA) is 126 Å². The van der Waals surface area contributed by atoms with E-state index >= 15 is 0 Å². The Morgan fingerprint density at radius 3 is 2.68 bits per heavy atom. The second-order valence-electron chi connectivity index (χ2n) is 10.0. The summed E-state index contributed by atoms with van der Waals surface area (Å²) < 4.78 is 4.29. The second kappa shape index (κ2) is 9.59. The predicted octanol–water partition coefficient (Wildman–Crippen LogP) is 5.12. The van der Waals surface area contributed by atoms with Gasteiger partial charge in [-0.05, 0) is 74.2 Å². The van der Waals surface area contributed by atoms with Gasteiger partial charge in [-0.1, -0.05) is 24.3 Å². The zero-order chi connectivity index (χ0) is 25.5. The summed E-state index contributed by atoms with van der Waals surface area (Å²) in [5, 5.41) is 3.97. The third kappa shape index (κ3) is 4.81. The molecule has 3 aromatic heterocycles. The van der Waals surface area contributed by atoms with Crippen LogP contribution >= 0.6 is 11.5 Å². The first-order chi connectivity index (χ1) is 18.0. The van der Waals surface area contributed by atoms with Crippen molar-refractivity contribution >= 4 is 34.1 Å². The lowest BCUT2D eigenvalue weighted by atomic mass is 9.89. The number of amides is 1. The molecule has 1 amide bonds. The van der Waals surface area contributed by atoms with Gasteiger partial charge in [0.25, 0.3) is 5.91 Å². The fourth-order valence-corrected chi connectivity index (χ4v) is 5.84. The number of hydrogen-bond acceptors (Lipinski definition) is 8. The van der Waals surface area contributed by atoms with Crippen molar-refractivity contribution in [2.24, 2.45) is 5.73 Å². The van der Waals surface area contributed by atoms with Crippen molar-refractivity contribution in [3.8, 4) is 11.3 Å². The van der Waals surface area contributed by atoms with Gasteiger partial charge in [0.05, 0.1) is 23.8 Å². The highest BCUT2D eigenvalue weighted by Gasteiger charge is 2.33. The summed E-state index contributed by atoms with van der Waals surface area (Å²) in [4.78, 5) is 31.8. The molecule has 10 heteroatoms. The van der Waals surface area contributed by atoms with E-state index < -0.39 is 5.91 Å². The Morgan fingerprint density at radius 1 is 1.16 bits per heavy atom. The molecule has 1 aliphatic carbocycles. The van der Waals surface area contributed by atoms with Crippen LogP contribution in [0.2, 0.25) is 0 Å². The van der Waals surface area contributed by atoms with Crippen molar-refractivity contribution in [2.75, 3.05) is 16.8 Å². The van der Waals surface area contributed by atoms with Gasteiger partial charge in [-0.2, -0.15) is 4.37 Å². The number of aryl methyl sites for hydroxylation is 1. The number of benzene rings is 1. The third-order valence-electron chi connectivity index (χ3n) is 7.36. The largest absolute Gasteiger partial charge is 0.364 e. The average Bonchev–Trinajstić information content (AvgIpc) is 3.49. The molecule has 0 radical (unpaired) electrons. The summed E-state index contributed by atoms with van der Waals surface area (Å²) in [6, 6.07) is 10.9. The van der Waals surface area contributed by atoms with Gasteiger partial charge in [-0.15, -0.1) is 0 Å². The number of rotatable bonds is 7. The number of primary amides is 1. The Bertz CT molecular complexity index is 1420. The molecule has 1 aromatic carbocycles. The van der Waals surface area contributed by atoms with Crippen molar-refractivity contribution in [3.63, 3.8) is 0 Å². The zero-order valence-electron chi connectivity index (χ0n) is 20.9. The molecule has 1 aliphatic heterocycles. The average molecular weight is 515 g/mol. The summed E-state index contributed by atoms with van der Waals surface area (Å²) in [5.74, 6) is 2.37. The molecule has 0 bridgehead atoms. The summed E-state index contributed by atoms with van der Waals surface area (Å²) in [7, 11) is 0. The Morgan fingerprint density at radius 2 is 1.97 bits per heavy atom. The Labute approximate surface area is 219 Å². The lowest BCUT2D eigenvalue weighted by Crippen LogP contribution is -2.43. The smallest absolute Gasteiger partial charge is 0.271 e. The molecule has 1 saturated heterocycles. The fraction of sp³-hybridized carbons (Fsp3) is 0.370. The van der Waals surface area contributed by atoms with Crippen molar-refractivity contribution in [1.82, 2.24) is 24.3 Å². The Kier molecular flexibility index (Phi) is 6.11. The molecular formula is C27H30N8OS. The molecule has 4 aromatic rings. The van der Waals surface area contributed by atoms with E-state index in [1.54, 1.807) is 6.20 Å². The number of nitrogens with one attached hydrogen (secondary N) is 2. The number of carbonyl (C=O) groups is 1. The molecular weight excluding hydrogens is 484 g/mol. The number of imidazole rings is 1. The van der Waals surface area contributed by atoms with Gasteiger partial charge in [0.1, 0.15) is 16.6 Å². The molecule has 4 heterocycles. The zero-order valence-corrected chi connectivity index (χ0v) is 21.8. The maximum Gasteiger partial charge on any atom is 0.271 e. The number of piperidine rings is 1. The molecule has 2 fully saturated rings. The Balaban J connectivity index is 1.24. The molecule has 4 N–H and O–H groups in total. The highest BCUT2D eigenvalue weighted by molar-refractivity contribution is 7.10. The molecule has 0 spiro atoms. The van der Waals surface area contributed by atoms with E-state index in [1.807, 2.05) is 19.2 Å². The monoisotopic (exact) mass is 514 g/mol. The molecule has 2 aliphatic rings. The van der Waals surface area contributed by atoms with E-state index in [-0.39, 0.29) is 17.7 Å². The molecule has 2 atom stereocenters. The van der Waals surface area contributed by atoms with Crippen LogP contribution in [0.5, 0.6) is 0 Å². The summed E-state index contributed by atoms with van der Waals surface area (Å²) in [6.45, 7) is 4.95. The normalized spacial score (nSPS) is 19.7. The van der Waals surface area contributed by atoms with Gasteiger partial charge >= 0.3 is 0 Å². The number of carbonyl (C=O) groups excluding carboxylic acids is 1. The van der Waals surface area contributed by atoms with E-state index in [0.29, 0.717) is 11.6 Å². The van der Waals surface area contributed by atoms with Crippen LogP contribution in [0.3, 0.4) is 0 Å². The van der Waals surface area contributed by atoms with Crippen LogP contribution in [0.25, 0.3) is 11.3 Å². The summed E-state index contributed by atoms with van der Waals surface area (Å²) in [6.07, 6.45) is 8.22.